The van der Waals surface area contributed by atoms with Crippen molar-refractivity contribution in [1.29, 1.82) is 0 Å². The minimum atomic E-state index is -4.73. The molecule has 13 nitrogen and oxygen atoms in total. The van der Waals surface area contributed by atoms with E-state index in [0.717, 1.165) is 19.3 Å². The monoisotopic (exact) mass is 529 g/mol. The van der Waals surface area contributed by atoms with Crippen LogP contribution in [-0.4, -0.2) is 65.5 Å². The summed E-state index contributed by atoms with van der Waals surface area (Å²) in [5.74, 6) is -0.700. The number of ether oxygens (including phenoxy) is 1. The van der Waals surface area contributed by atoms with Crippen LogP contribution in [0.3, 0.4) is 0 Å². The molecular formula is C22H36N5O8P. The minimum absolute atomic E-state index is 0.00573. The molecule has 0 spiro atoms. The molecule has 1 aliphatic heterocycles. The van der Waals surface area contributed by atoms with Crippen molar-refractivity contribution in [1.82, 2.24) is 19.5 Å². The molecule has 5 N–H and O–H groups in total. The summed E-state index contributed by atoms with van der Waals surface area (Å²) in [7, 11) is -4.73. The lowest BCUT2D eigenvalue weighted by Crippen LogP contribution is -2.33. The molecule has 3 heterocycles. The summed E-state index contributed by atoms with van der Waals surface area (Å²) in [4.78, 5) is 33.9. The first-order valence-electron chi connectivity index (χ1n) is 12.4. The number of nitrogens with zero attached hydrogens (tertiary/aromatic N) is 4. The van der Waals surface area contributed by atoms with Crippen molar-refractivity contribution in [3.05, 3.63) is 12.7 Å². The number of imidazole rings is 1. The molecule has 0 aromatic carbocycles. The lowest BCUT2D eigenvalue weighted by atomic mass is 10.1. The van der Waals surface area contributed by atoms with Gasteiger partial charge >= 0.3 is 13.8 Å². The number of rotatable bonds is 15. The molecule has 1 fully saturated rings. The smallest absolute Gasteiger partial charge is 0.387 e. The Morgan fingerprint density at radius 3 is 2.44 bits per heavy atom. The highest BCUT2D eigenvalue weighted by molar-refractivity contribution is 7.48. The molecule has 202 valence electrons. The normalized spacial score (nSPS) is 23.7. The van der Waals surface area contributed by atoms with Gasteiger partial charge in [0, 0.05) is 6.42 Å². The molecule has 0 saturated carbocycles. The molecule has 1 saturated heterocycles. The average Bonchev–Trinajstić information content (AvgIpc) is 3.38. The highest BCUT2D eigenvalue weighted by atomic mass is 31.2. The van der Waals surface area contributed by atoms with E-state index in [0.29, 0.717) is 11.9 Å². The number of aliphatic hydroxyl groups is 2. The van der Waals surface area contributed by atoms with Gasteiger partial charge in [-0.2, -0.15) is 0 Å². The van der Waals surface area contributed by atoms with Gasteiger partial charge in [0.15, 0.2) is 17.7 Å². The SMILES string of the molecule is CCCCCCCCCCCC(=O)OP(=O)(O)OC[C@H]1O[C@@H](n2cnc3c(N)ncnc32)[C@H](O)[C@@H]1O. The van der Waals surface area contributed by atoms with Crippen LogP contribution in [0.25, 0.3) is 11.2 Å². The Morgan fingerprint density at radius 1 is 1.08 bits per heavy atom. The number of unbranched alkanes of at least 4 members (excludes halogenated alkanes) is 8. The van der Waals surface area contributed by atoms with Gasteiger partial charge in [0.2, 0.25) is 0 Å². The second-order valence-electron chi connectivity index (χ2n) is 8.94. The summed E-state index contributed by atoms with van der Waals surface area (Å²) < 4.78 is 28.7. The lowest BCUT2D eigenvalue weighted by Gasteiger charge is -2.17. The predicted molar refractivity (Wildman–Crippen MR) is 129 cm³/mol. The van der Waals surface area contributed by atoms with E-state index < -0.39 is 44.9 Å². The second-order valence-corrected chi connectivity index (χ2v) is 10.3. The van der Waals surface area contributed by atoms with Crippen LogP contribution >= 0.6 is 7.82 Å². The van der Waals surface area contributed by atoms with Crippen LogP contribution in [0, 0.1) is 0 Å². The van der Waals surface area contributed by atoms with Gasteiger partial charge in [0.25, 0.3) is 0 Å². The van der Waals surface area contributed by atoms with Gasteiger partial charge < -0.3 is 25.2 Å². The zero-order valence-electron chi connectivity index (χ0n) is 20.4. The van der Waals surface area contributed by atoms with Gasteiger partial charge in [-0.05, 0) is 6.42 Å². The highest BCUT2D eigenvalue weighted by Crippen LogP contribution is 2.45. The summed E-state index contributed by atoms with van der Waals surface area (Å²) in [6.45, 7) is 1.58. The predicted octanol–water partition coefficient (Wildman–Crippen LogP) is 2.61. The number of phosphoric ester groups is 1. The Labute approximate surface area is 209 Å². The van der Waals surface area contributed by atoms with Gasteiger partial charge in [-0.3, -0.25) is 18.8 Å². The molecule has 36 heavy (non-hydrogen) atoms. The van der Waals surface area contributed by atoms with Gasteiger partial charge in [0.05, 0.1) is 12.9 Å². The van der Waals surface area contributed by atoms with Gasteiger partial charge in [0.1, 0.15) is 30.2 Å². The molecule has 0 radical (unpaired) electrons. The Balaban J connectivity index is 1.41. The third-order valence-corrected chi connectivity index (χ3v) is 7.01. The van der Waals surface area contributed by atoms with Crippen molar-refractivity contribution in [3.8, 4) is 0 Å². The number of fused-ring (bicyclic) bond motifs is 1. The zero-order chi connectivity index (χ0) is 26.1. The van der Waals surface area contributed by atoms with Crippen molar-refractivity contribution in [2.75, 3.05) is 12.3 Å². The minimum Gasteiger partial charge on any atom is -0.387 e. The van der Waals surface area contributed by atoms with E-state index >= 15 is 0 Å². The number of carbonyl (C=O) groups excluding carboxylic acids is 1. The zero-order valence-corrected chi connectivity index (χ0v) is 21.3. The average molecular weight is 530 g/mol. The number of hydrogen-bond acceptors (Lipinski definition) is 11. The van der Waals surface area contributed by atoms with Crippen LogP contribution in [0.15, 0.2) is 12.7 Å². The van der Waals surface area contributed by atoms with Crippen molar-refractivity contribution in [2.45, 2.75) is 95.7 Å². The molecule has 0 aliphatic carbocycles. The topological polar surface area (TPSA) is 192 Å². The van der Waals surface area contributed by atoms with Crippen LogP contribution in [0.5, 0.6) is 0 Å². The Kier molecular flexibility index (Phi) is 10.6. The van der Waals surface area contributed by atoms with E-state index in [1.165, 1.54) is 49.3 Å². The quantitative estimate of drug-likeness (QED) is 0.195. The maximum Gasteiger partial charge on any atom is 0.529 e. The number of nitrogen functional groups attached to an aromatic ring is 1. The largest absolute Gasteiger partial charge is 0.529 e. The van der Waals surface area contributed by atoms with E-state index in [9.17, 15) is 24.5 Å². The van der Waals surface area contributed by atoms with Crippen LogP contribution in [0.4, 0.5) is 5.82 Å². The number of aromatic nitrogens is 4. The van der Waals surface area contributed by atoms with Crippen LogP contribution in [0.2, 0.25) is 0 Å². The lowest BCUT2D eigenvalue weighted by molar-refractivity contribution is -0.136. The summed E-state index contributed by atoms with van der Waals surface area (Å²) in [6, 6.07) is 0. The van der Waals surface area contributed by atoms with Gasteiger partial charge in [-0.1, -0.05) is 58.3 Å². The summed E-state index contributed by atoms with van der Waals surface area (Å²) in [5.41, 5.74) is 6.33. The van der Waals surface area contributed by atoms with E-state index in [1.54, 1.807) is 0 Å². The molecular weight excluding hydrogens is 493 g/mol. The molecule has 2 aromatic rings. The molecule has 0 bridgehead atoms. The van der Waals surface area contributed by atoms with Gasteiger partial charge in [-0.15, -0.1) is 0 Å². The molecule has 3 rings (SSSR count). The first-order chi connectivity index (χ1) is 17.2. The number of anilines is 1. The van der Waals surface area contributed by atoms with Crippen LogP contribution < -0.4 is 5.73 Å². The van der Waals surface area contributed by atoms with E-state index in [-0.39, 0.29) is 17.9 Å². The number of nitrogens with two attached hydrogens (primary N) is 1. The molecule has 0 amide bonds. The highest BCUT2D eigenvalue weighted by Gasteiger charge is 2.45. The molecule has 2 aromatic heterocycles. The third kappa shape index (κ3) is 7.67. The number of phosphoric acid groups is 1. The van der Waals surface area contributed by atoms with Gasteiger partial charge in [-0.25, -0.2) is 19.5 Å². The van der Waals surface area contributed by atoms with E-state index in [1.807, 2.05) is 0 Å². The first-order valence-corrected chi connectivity index (χ1v) is 13.9. The summed E-state index contributed by atoms with van der Waals surface area (Å²) in [5, 5.41) is 20.8. The first kappa shape index (κ1) is 28.4. The molecule has 1 unspecified atom stereocenters. The summed E-state index contributed by atoms with van der Waals surface area (Å²) >= 11 is 0. The molecule has 5 atom stereocenters. The molecule has 1 aliphatic rings. The Bertz CT molecular complexity index is 1040. The standard InChI is InChI=1S/C22H36N5O8P/c1-2-3-4-5-6-7-8-9-10-11-16(28)35-36(31,32)33-12-15-18(29)19(30)22(34-15)27-14-26-17-20(23)24-13-25-21(17)27/h13-15,18-19,22,29-30H,2-12H2,1H3,(H,31,32)(H2,23,24,25)/t15-,18-,19-,22-/m1/s1. The Hall–Kier alpha value is -2.15. The van der Waals surface area contributed by atoms with E-state index in [4.69, 9.17) is 15.0 Å². The summed E-state index contributed by atoms with van der Waals surface area (Å²) in [6.07, 6.45) is 7.00. The fourth-order valence-electron chi connectivity index (χ4n) is 4.10. The van der Waals surface area contributed by atoms with Crippen molar-refractivity contribution in [3.63, 3.8) is 0 Å². The fourth-order valence-corrected chi connectivity index (χ4v) is 4.84. The fraction of sp³-hybridized carbons (Fsp3) is 0.727. The number of aliphatic hydroxyl groups excluding tert-OH is 2. The number of carbonyl (C=O) groups is 1. The second kappa shape index (κ2) is 13.4. The maximum atomic E-state index is 12.2. The van der Waals surface area contributed by atoms with Crippen LogP contribution in [-0.2, 0) is 23.1 Å². The van der Waals surface area contributed by atoms with E-state index in [2.05, 4.69) is 26.4 Å². The Morgan fingerprint density at radius 2 is 1.75 bits per heavy atom. The molecule has 14 heteroatoms. The van der Waals surface area contributed by atoms with Crippen LogP contribution in [0.1, 0.15) is 77.4 Å². The van der Waals surface area contributed by atoms with Crippen molar-refractivity contribution < 1.29 is 38.3 Å². The van der Waals surface area contributed by atoms with Crippen molar-refractivity contribution in [2.24, 2.45) is 0 Å². The maximum absolute atomic E-state index is 12.2. The number of hydrogen-bond donors (Lipinski definition) is 4. The third-order valence-electron chi connectivity index (χ3n) is 6.10. The van der Waals surface area contributed by atoms with Crippen molar-refractivity contribution >= 4 is 30.8 Å².